The molecule has 110 valence electrons. The Kier molecular flexibility index (Phi) is 4.48. The molecule has 21 heavy (non-hydrogen) atoms. The second kappa shape index (κ2) is 6.34. The van der Waals surface area contributed by atoms with Crippen LogP contribution < -0.4 is 14.8 Å². The molecule has 6 heteroatoms. The number of ether oxygens (including phenoxy) is 2. The van der Waals surface area contributed by atoms with Crippen molar-refractivity contribution in [1.82, 2.24) is 0 Å². The molecule has 0 unspecified atom stereocenters. The van der Waals surface area contributed by atoms with E-state index in [1.807, 2.05) is 24.3 Å². The fourth-order valence-corrected chi connectivity index (χ4v) is 2.99. The first-order valence-electron chi connectivity index (χ1n) is 6.40. The Morgan fingerprint density at radius 3 is 2.48 bits per heavy atom. The third-order valence-electron chi connectivity index (χ3n) is 3.12. The summed E-state index contributed by atoms with van der Waals surface area (Å²) >= 11 is 15.6. The Morgan fingerprint density at radius 2 is 1.76 bits per heavy atom. The minimum atomic E-state index is 0.567. The highest BCUT2D eigenvalue weighted by molar-refractivity contribution is 9.10. The summed E-state index contributed by atoms with van der Waals surface area (Å²) in [6.07, 6.45) is 0. The summed E-state index contributed by atoms with van der Waals surface area (Å²) in [6, 6.07) is 9.29. The molecule has 3 rings (SSSR count). The number of fused-ring (bicyclic) bond motifs is 1. The van der Waals surface area contributed by atoms with E-state index in [1.54, 1.807) is 6.07 Å². The summed E-state index contributed by atoms with van der Waals surface area (Å²) in [7, 11) is 0. The summed E-state index contributed by atoms with van der Waals surface area (Å²) in [5, 5.41) is 4.60. The summed E-state index contributed by atoms with van der Waals surface area (Å²) in [5.41, 5.74) is 1.90. The Balaban J connectivity index is 1.78. The van der Waals surface area contributed by atoms with Crippen LogP contribution in [0.25, 0.3) is 0 Å². The van der Waals surface area contributed by atoms with Crippen molar-refractivity contribution in [2.24, 2.45) is 0 Å². The first-order chi connectivity index (χ1) is 10.1. The minimum absolute atomic E-state index is 0.567. The van der Waals surface area contributed by atoms with E-state index in [9.17, 15) is 0 Å². The van der Waals surface area contributed by atoms with Crippen LogP contribution in [0.15, 0.2) is 34.8 Å². The van der Waals surface area contributed by atoms with Crippen LogP contribution in [-0.4, -0.2) is 13.2 Å². The van der Waals surface area contributed by atoms with Gasteiger partial charge in [0.25, 0.3) is 0 Å². The van der Waals surface area contributed by atoms with Gasteiger partial charge in [-0.3, -0.25) is 0 Å². The normalized spacial score (nSPS) is 13.1. The predicted molar refractivity (Wildman–Crippen MR) is 88.9 cm³/mol. The van der Waals surface area contributed by atoms with Crippen molar-refractivity contribution in [3.8, 4) is 11.5 Å². The molecule has 0 atom stereocenters. The van der Waals surface area contributed by atoms with E-state index >= 15 is 0 Å². The SMILES string of the molecule is Clc1ccc(CNc2cc3c(cc2Br)OCCO3)c(Cl)c1. The third kappa shape index (κ3) is 3.39. The first-order valence-corrected chi connectivity index (χ1v) is 7.95. The number of anilines is 1. The molecule has 0 bridgehead atoms. The molecule has 0 saturated carbocycles. The van der Waals surface area contributed by atoms with E-state index in [-0.39, 0.29) is 0 Å². The largest absolute Gasteiger partial charge is 0.486 e. The molecule has 2 aromatic rings. The fourth-order valence-electron chi connectivity index (χ4n) is 2.05. The van der Waals surface area contributed by atoms with Crippen molar-refractivity contribution >= 4 is 44.8 Å². The van der Waals surface area contributed by atoms with Gasteiger partial charge in [-0.05, 0) is 33.6 Å². The number of hydrogen-bond donors (Lipinski definition) is 1. The van der Waals surface area contributed by atoms with Crippen molar-refractivity contribution in [2.75, 3.05) is 18.5 Å². The van der Waals surface area contributed by atoms with Crippen LogP contribution in [0.3, 0.4) is 0 Å². The highest BCUT2D eigenvalue weighted by Crippen LogP contribution is 2.38. The quantitative estimate of drug-likeness (QED) is 0.789. The van der Waals surface area contributed by atoms with E-state index in [1.165, 1.54) is 0 Å². The van der Waals surface area contributed by atoms with Crippen LogP contribution >= 0.6 is 39.1 Å². The minimum Gasteiger partial charge on any atom is -0.486 e. The lowest BCUT2D eigenvalue weighted by Crippen LogP contribution is -2.15. The molecule has 0 amide bonds. The summed E-state index contributed by atoms with van der Waals surface area (Å²) in [5.74, 6) is 1.50. The van der Waals surface area contributed by atoms with E-state index in [0.717, 1.165) is 27.2 Å². The van der Waals surface area contributed by atoms with Gasteiger partial charge >= 0.3 is 0 Å². The van der Waals surface area contributed by atoms with Gasteiger partial charge in [0.15, 0.2) is 11.5 Å². The number of nitrogens with one attached hydrogen (secondary N) is 1. The molecule has 2 aromatic carbocycles. The van der Waals surface area contributed by atoms with Crippen LogP contribution in [0.4, 0.5) is 5.69 Å². The molecule has 0 fully saturated rings. The standard InChI is InChI=1S/C15H12BrCl2NO2/c16-11-6-14-15(21-4-3-20-14)7-13(11)19-8-9-1-2-10(17)5-12(9)18/h1-2,5-7,19H,3-4,8H2. The van der Waals surface area contributed by atoms with Gasteiger partial charge in [0.1, 0.15) is 13.2 Å². The molecule has 0 aliphatic carbocycles. The number of benzene rings is 2. The molecular formula is C15H12BrCl2NO2. The monoisotopic (exact) mass is 387 g/mol. The average molecular weight is 389 g/mol. The average Bonchev–Trinajstić information content (AvgIpc) is 2.46. The zero-order valence-electron chi connectivity index (χ0n) is 11.0. The maximum atomic E-state index is 6.17. The van der Waals surface area contributed by atoms with Crippen molar-refractivity contribution < 1.29 is 9.47 Å². The molecule has 0 radical (unpaired) electrons. The van der Waals surface area contributed by atoms with Crippen molar-refractivity contribution in [3.63, 3.8) is 0 Å². The van der Waals surface area contributed by atoms with Gasteiger partial charge in [0, 0.05) is 33.2 Å². The second-order valence-electron chi connectivity index (χ2n) is 4.56. The van der Waals surface area contributed by atoms with E-state index in [2.05, 4.69) is 21.2 Å². The van der Waals surface area contributed by atoms with E-state index in [0.29, 0.717) is 29.8 Å². The van der Waals surface area contributed by atoms with Crippen molar-refractivity contribution in [3.05, 3.63) is 50.4 Å². The van der Waals surface area contributed by atoms with Gasteiger partial charge in [-0.25, -0.2) is 0 Å². The zero-order valence-corrected chi connectivity index (χ0v) is 14.1. The molecule has 3 nitrogen and oxygen atoms in total. The van der Waals surface area contributed by atoms with Gasteiger partial charge in [-0.2, -0.15) is 0 Å². The molecule has 1 aliphatic heterocycles. The third-order valence-corrected chi connectivity index (χ3v) is 4.36. The highest BCUT2D eigenvalue weighted by Gasteiger charge is 2.15. The summed E-state index contributed by atoms with van der Waals surface area (Å²) < 4.78 is 12.0. The van der Waals surface area contributed by atoms with Crippen LogP contribution in [-0.2, 0) is 6.54 Å². The van der Waals surface area contributed by atoms with Crippen LogP contribution in [0.5, 0.6) is 11.5 Å². The lowest BCUT2D eigenvalue weighted by molar-refractivity contribution is 0.171. The predicted octanol–water partition coefficient (Wildman–Crippen LogP) is 5.14. The van der Waals surface area contributed by atoms with Gasteiger partial charge in [-0.1, -0.05) is 29.3 Å². The van der Waals surface area contributed by atoms with Crippen molar-refractivity contribution in [1.29, 1.82) is 0 Å². The summed E-state index contributed by atoms with van der Waals surface area (Å²) in [4.78, 5) is 0. The van der Waals surface area contributed by atoms with Gasteiger partial charge in [0.2, 0.25) is 0 Å². The molecule has 0 saturated heterocycles. The molecule has 1 N–H and O–H groups in total. The van der Waals surface area contributed by atoms with E-state index < -0.39 is 0 Å². The number of halogens is 3. The van der Waals surface area contributed by atoms with Gasteiger partial charge < -0.3 is 14.8 Å². The molecular weight excluding hydrogens is 377 g/mol. The molecule has 1 heterocycles. The first kappa shape index (κ1) is 14.8. The highest BCUT2D eigenvalue weighted by atomic mass is 79.9. The topological polar surface area (TPSA) is 30.5 Å². The van der Waals surface area contributed by atoms with Crippen LogP contribution in [0, 0.1) is 0 Å². The lowest BCUT2D eigenvalue weighted by Gasteiger charge is -2.20. The Morgan fingerprint density at radius 1 is 1.05 bits per heavy atom. The molecule has 1 aliphatic rings. The van der Waals surface area contributed by atoms with Crippen molar-refractivity contribution in [2.45, 2.75) is 6.54 Å². The maximum absolute atomic E-state index is 6.17. The second-order valence-corrected chi connectivity index (χ2v) is 6.26. The fraction of sp³-hybridized carbons (Fsp3) is 0.200. The van der Waals surface area contributed by atoms with Crippen LogP contribution in [0.2, 0.25) is 10.0 Å². The Labute approximate surface area is 141 Å². The Bertz CT molecular complexity index is 679. The molecule has 0 spiro atoms. The lowest BCUT2D eigenvalue weighted by atomic mass is 10.2. The van der Waals surface area contributed by atoms with Crippen LogP contribution in [0.1, 0.15) is 5.56 Å². The number of hydrogen-bond acceptors (Lipinski definition) is 3. The molecule has 0 aromatic heterocycles. The van der Waals surface area contributed by atoms with Gasteiger partial charge in [-0.15, -0.1) is 0 Å². The smallest absolute Gasteiger partial charge is 0.163 e. The maximum Gasteiger partial charge on any atom is 0.163 e. The van der Waals surface area contributed by atoms with Gasteiger partial charge in [0.05, 0.1) is 5.69 Å². The zero-order chi connectivity index (χ0) is 14.8. The van der Waals surface area contributed by atoms with E-state index in [4.69, 9.17) is 32.7 Å². The number of rotatable bonds is 3. The summed E-state index contributed by atoms with van der Waals surface area (Å²) in [6.45, 7) is 1.73. The Hall–Kier alpha value is -1.10.